The van der Waals surface area contributed by atoms with Crippen molar-refractivity contribution in [2.24, 2.45) is 0 Å². The van der Waals surface area contributed by atoms with Gasteiger partial charge in [0.25, 0.3) is 0 Å². The van der Waals surface area contributed by atoms with Crippen LogP contribution in [-0.4, -0.2) is 42.9 Å². The maximum atomic E-state index is 12.6. The molecule has 3 aromatic rings. The van der Waals surface area contributed by atoms with E-state index in [2.05, 4.69) is 17.4 Å². The standard InChI is InChI=1S/C24H22BNO6/c1-14-20(23(27)31-2)11-15(25(29)30)12-22(14)26-24(28)32-13-21-18-9-5-3-7-16(18)17-8-4-6-10-19(17)21/h3-12,21,29-30H,13H2,1-2H3,(H,26,28). The molecule has 4 rings (SSSR count). The average molecular weight is 431 g/mol. The molecule has 0 fully saturated rings. The average Bonchev–Trinajstić information content (AvgIpc) is 3.12. The van der Waals surface area contributed by atoms with Crippen LogP contribution in [-0.2, 0) is 9.47 Å². The van der Waals surface area contributed by atoms with Crippen LogP contribution in [0.15, 0.2) is 60.7 Å². The number of carbonyl (C=O) groups excluding carboxylic acids is 2. The first-order valence-electron chi connectivity index (χ1n) is 10.1. The van der Waals surface area contributed by atoms with Crippen LogP contribution in [0.4, 0.5) is 10.5 Å². The Balaban J connectivity index is 1.54. The first-order chi connectivity index (χ1) is 15.4. The summed E-state index contributed by atoms with van der Waals surface area (Å²) in [6.45, 7) is 1.75. The minimum absolute atomic E-state index is 0.0462. The number of amides is 1. The van der Waals surface area contributed by atoms with E-state index in [1.54, 1.807) is 6.92 Å². The molecule has 1 amide bonds. The normalized spacial score (nSPS) is 12.0. The number of rotatable bonds is 5. The highest BCUT2D eigenvalue weighted by molar-refractivity contribution is 6.59. The van der Waals surface area contributed by atoms with Gasteiger partial charge in [0.15, 0.2) is 0 Å². The molecular formula is C24H22BNO6. The Kier molecular flexibility index (Phi) is 5.98. The van der Waals surface area contributed by atoms with E-state index in [9.17, 15) is 19.6 Å². The third kappa shape index (κ3) is 3.98. The van der Waals surface area contributed by atoms with Gasteiger partial charge in [-0.25, -0.2) is 9.59 Å². The fourth-order valence-corrected chi connectivity index (χ4v) is 4.08. The molecule has 0 spiro atoms. The fourth-order valence-electron chi connectivity index (χ4n) is 4.08. The van der Waals surface area contributed by atoms with Crippen LogP contribution in [0.1, 0.15) is 33.0 Å². The molecule has 0 bridgehead atoms. The van der Waals surface area contributed by atoms with Crippen LogP contribution < -0.4 is 10.8 Å². The first-order valence-corrected chi connectivity index (χ1v) is 10.1. The number of fused-ring (bicyclic) bond motifs is 3. The van der Waals surface area contributed by atoms with E-state index in [1.807, 2.05) is 36.4 Å². The molecule has 1 aliphatic carbocycles. The van der Waals surface area contributed by atoms with Gasteiger partial charge in [0.05, 0.1) is 12.7 Å². The van der Waals surface area contributed by atoms with E-state index >= 15 is 0 Å². The summed E-state index contributed by atoms with van der Waals surface area (Å²) in [5.74, 6) is -0.744. The summed E-state index contributed by atoms with van der Waals surface area (Å²) in [5.41, 5.74) is 5.26. The van der Waals surface area contributed by atoms with Gasteiger partial charge in [-0.3, -0.25) is 5.32 Å². The summed E-state index contributed by atoms with van der Waals surface area (Å²) in [4.78, 5) is 24.7. The van der Waals surface area contributed by atoms with E-state index in [4.69, 9.17) is 9.47 Å². The third-order valence-corrected chi connectivity index (χ3v) is 5.71. The maximum absolute atomic E-state index is 12.6. The predicted molar refractivity (Wildman–Crippen MR) is 121 cm³/mol. The van der Waals surface area contributed by atoms with Crippen LogP contribution in [0.25, 0.3) is 11.1 Å². The van der Waals surface area contributed by atoms with Gasteiger partial charge in [-0.2, -0.15) is 0 Å². The van der Waals surface area contributed by atoms with Gasteiger partial charge in [-0.1, -0.05) is 48.5 Å². The molecular weight excluding hydrogens is 409 g/mol. The van der Waals surface area contributed by atoms with Gasteiger partial charge in [-0.05, 0) is 52.3 Å². The van der Waals surface area contributed by atoms with Gasteiger partial charge in [0.2, 0.25) is 0 Å². The van der Waals surface area contributed by atoms with Crippen molar-refractivity contribution in [3.8, 4) is 11.1 Å². The van der Waals surface area contributed by atoms with E-state index in [-0.39, 0.29) is 29.2 Å². The van der Waals surface area contributed by atoms with E-state index in [1.165, 1.54) is 19.2 Å². The Morgan fingerprint density at radius 3 is 2.16 bits per heavy atom. The molecule has 0 unspecified atom stereocenters. The van der Waals surface area contributed by atoms with Crippen molar-refractivity contribution in [1.29, 1.82) is 0 Å². The molecule has 0 atom stereocenters. The van der Waals surface area contributed by atoms with Crippen molar-refractivity contribution >= 4 is 30.3 Å². The second-order valence-electron chi connectivity index (χ2n) is 7.56. The number of benzene rings is 3. The van der Waals surface area contributed by atoms with E-state index in [0.29, 0.717) is 5.56 Å². The first kappa shape index (κ1) is 21.6. The van der Waals surface area contributed by atoms with E-state index < -0.39 is 19.2 Å². The smallest absolute Gasteiger partial charge is 0.465 e. The molecule has 7 nitrogen and oxygen atoms in total. The van der Waals surface area contributed by atoms with Crippen molar-refractivity contribution in [2.45, 2.75) is 12.8 Å². The molecule has 0 aromatic heterocycles. The summed E-state index contributed by atoms with van der Waals surface area (Å²) < 4.78 is 10.3. The Bertz CT molecular complexity index is 1150. The lowest BCUT2D eigenvalue weighted by atomic mass is 9.78. The number of nitrogens with one attached hydrogen (secondary N) is 1. The second-order valence-corrected chi connectivity index (χ2v) is 7.56. The van der Waals surface area contributed by atoms with Crippen molar-refractivity contribution in [3.05, 3.63) is 82.9 Å². The molecule has 32 heavy (non-hydrogen) atoms. The molecule has 0 saturated heterocycles. The highest BCUT2D eigenvalue weighted by atomic mass is 16.5. The monoisotopic (exact) mass is 431 g/mol. The van der Waals surface area contributed by atoms with Crippen LogP contribution >= 0.6 is 0 Å². The fraction of sp³-hybridized carbons (Fsp3) is 0.167. The molecule has 3 aromatic carbocycles. The molecule has 0 aliphatic heterocycles. The SMILES string of the molecule is COC(=O)c1cc(B(O)O)cc(NC(=O)OCC2c3ccccc3-c3ccccc32)c1C. The third-order valence-electron chi connectivity index (χ3n) is 5.71. The Hall–Kier alpha value is -3.62. The van der Waals surface area contributed by atoms with Crippen LogP contribution in [0.2, 0.25) is 0 Å². The molecule has 0 heterocycles. The van der Waals surface area contributed by atoms with Crippen molar-refractivity contribution in [2.75, 3.05) is 19.0 Å². The van der Waals surface area contributed by atoms with Crippen molar-refractivity contribution < 1.29 is 29.1 Å². The predicted octanol–water partition coefficient (Wildman–Crippen LogP) is 2.82. The van der Waals surface area contributed by atoms with Crippen LogP contribution in [0.5, 0.6) is 0 Å². The minimum atomic E-state index is -1.82. The summed E-state index contributed by atoms with van der Waals surface area (Å²) in [5, 5.41) is 21.7. The topological polar surface area (TPSA) is 105 Å². The maximum Gasteiger partial charge on any atom is 0.488 e. The molecule has 0 saturated carbocycles. The number of hydrogen-bond acceptors (Lipinski definition) is 6. The highest BCUT2D eigenvalue weighted by Gasteiger charge is 2.29. The van der Waals surface area contributed by atoms with Crippen LogP contribution in [0, 0.1) is 6.92 Å². The number of carbonyl (C=O) groups is 2. The lowest BCUT2D eigenvalue weighted by molar-refractivity contribution is 0.0600. The number of hydrogen-bond donors (Lipinski definition) is 3. The van der Waals surface area contributed by atoms with Gasteiger partial charge in [0.1, 0.15) is 6.61 Å². The number of methoxy groups -OCH3 is 1. The van der Waals surface area contributed by atoms with Crippen molar-refractivity contribution in [1.82, 2.24) is 0 Å². The number of ether oxygens (including phenoxy) is 2. The number of esters is 1. The minimum Gasteiger partial charge on any atom is -0.465 e. The summed E-state index contributed by atoms with van der Waals surface area (Å²) >= 11 is 0. The molecule has 0 radical (unpaired) electrons. The van der Waals surface area contributed by atoms with Gasteiger partial charge in [-0.15, -0.1) is 0 Å². The largest absolute Gasteiger partial charge is 0.488 e. The molecule has 162 valence electrons. The summed E-state index contributed by atoms with van der Waals surface area (Å²) in [6.07, 6.45) is -0.713. The van der Waals surface area contributed by atoms with E-state index in [0.717, 1.165) is 22.3 Å². The van der Waals surface area contributed by atoms with Gasteiger partial charge in [0, 0.05) is 11.6 Å². The molecule has 3 N–H and O–H groups in total. The van der Waals surface area contributed by atoms with Crippen molar-refractivity contribution in [3.63, 3.8) is 0 Å². The molecule has 8 heteroatoms. The second kappa shape index (κ2) is 8.86. The van der Waals surface area contributed by atoms with Crippen LogP contribution in [0.3, 0.4) is 0 Å². The lowest BCUT2D eigenvalue weighted by Crippen LogP contribution is -2.32. The number of anilines is 1. The summed E-state index contributed by atoms with van der Waals surface area (Å²) in [7, 11) is -0.593. The quantitative estimate of drug-likeness (QED) is 0.424. The lowest BCUT2D eigenvalue weighted by Gasteiger charge is -2.17. The molecule has 1 aliphatic rings. The highest BCUT2D eigenvalue weighted by Crippen LogP contribution is 2.44. The zero-order valence-corrected chi connectivity index (χ0v) is 17.7. The Labute approximate surface area is 185 Å². The zero-order valence-electron chi connectivity index (χ0n) is 17.7. The van der Waals surface area contributed by atoms with Gasteiger partial charge >= 0.3 is 19.2 Å². The zero-order chi connectivity index (χ0) is 22.8. The Morgan fingerprint density at radius 2 is 1.59 bits per heavy atom. The summed E-state index contributed by atoms with van der Waals surface area (Å²) in [6, 6.07) is 18.7. The van der Waals surface area contributed by atoms with Gasteiger partial charge < -0.3 is 19.5 Å². The Morgan fingerprint density at radius 1 is 1.00 bits per heavy atom.